The Morgan fingerprint density at radius 2 is 1.71 bits per heavy atom. The van der Waals surface area contributed by atoms with Crippen LogP contribution in [0.1, 0.15) is 12.5 Å². The summed E-state index contributed by atoms with van der Waals surface area (Å²) in [6.07, 6.45) is 2.81. The van der Waals surface area contributed by atoms with Crippen LogP contribution in [0.3, 0.4) is 0 Å². The lowest BCUT2D eigenvalue weighted by atomic mass is 10.1. The van der Waals surface area contributed by atoms with Gasteiger partial charge in [0.1, 0.15) is 0 Å². The van der Waals surface area contributed by atoms with E-state index < -0.39 is 0 Å². The maximum absolute atomic E-state index is 12.1. The van der Waals surface area contributed by atoms with E-state index in [-0.39, 0.29) is 5.69 Å². The minimum atomic E-state index is -0.160. The highest BCUT2D eigenvalue weighted by molar-refractivity contribution is 6.30. The quantitative estimate of drug-likeness (QED) is 0.778. The van der Waals surface area contributed by atoms with Crippen LogP contribution in [0, 0.1) is 0 Å². The van der Waals surface area contributed by atoms with Crippen molar-refractivity contribution >= 4 is 11.6 Å². The Labute approximate surface area is 127 Å². The van der Waals surface area contributed by atoms with Gasteiger partial charge < -0.3 is 4.98 Å². The van der Waals surface area contributed by atoms with Crippen LogP contribution in [0.15, 0.2) is 59.5 Å². The lowest BCUT2D eigenvalue weighted by Crippen LogP contribution is -2.13. The Hall–Kier alpha value is -2.26. The predicted molar refractivity (Wildman–Crippen MR) is 86.2 cm³/mol. The summed E-state index contributed by atoms with van der Waals surface area (Å²) in [5.41, 5.74) is 3.71. The average Bonchev–Trinajstić information content (AvgIpc) is 2.90. The summed E-state index contributed by atoms with van der Waals surface area (Å²) in [6.45, 7) is 2.12. The first-order chi connectivity index (χ1) is 10.2. The highest BCUT2D eigenvalue weighted by Gasteiger charge is 2.07. The van der Waals surface area contributed by atoms with Crippen LogP contribution < -0.4 is 5.69 Å². The van der Waals surface area contributed by atoms with Gasteiger partial charge in [0.2, 0.25) is 0 Å². The maximum Gasteiger partial charge on any atom is 0.330 e. The van der Waals surface area contributed by atoms with E-state index in [2.05, 4.69) is 24.0 Å². The first-order valence-corrected chi connectivity index (χ1v) is 7.22. The van der Waals surface area contributed by atoms with Gasteiger partial charge in [0.05, 0.1) is 11.4 Å². The molecule has 0 saturated carbocycles. The van der Waals surface area contributed by atoms with Gasteiger partial charge in [-0.15, -0.1) is 0 Å². The van der Waals surface area contributed by atoms with Crippen LogP contribution in [0.4, 0.5) is 0 Å². The second kappa shape index (κ2) is 5.62. The molecule has 0 atom stereocenters. The smallest absolute Gasteiger partial charge is 0.305 e. The van der Waals surface area contributed by atoms with Gasteiger partial charge in [0.25, 0.3) is 0 Å². The first kappa shape index (κ1) is 13.7. The molecule has 21 heavy (non-hydrogen) atoms. The molecule has 0 aliphatic rings. The van der Waals surface area contributed by atoms with Crippen LogP contribution in [-0.2, 0) is 6.42 Å². The molecule has 0 amide bonds. The number of nitrogens with zero attached hydrogens (tertiary/aromatic N) is 1. The molecule has 1 heterocycles. The summed E-state index contributed by atoms with van der Waals surface area (Å²) in [4.78, 5) is 15.0. The van der Waals surface area contributed by atoms with Crippen molar-refractivity contribution in [3.05, 3.63) is 75.8 Å². The van der Waals surface area contributed by atoms with Crippen molar-refractivity contribution in [1.29, 1.82) is 0 Å². The minimum absolute atomic E-state index is 0.160. The number of aryl methyl sites for hydroxylation is 1. The zero-order chi connectivity index (χ0) is 14.8. The Bertz CT molecular complexity index is 798. The second-order valence-electron chi connectivity index (χ2n) is 4.87. The third-order valence-electron chi connectivity index (χ3n) is 3.50. The Morgan fingerprint density at radius 3 is 2.33 bits per heavy atom. The Kier molecular flexibility index (Phi) is 3.67. The van der Waals surface area contributed by atoms with Crippen molar-refractivity contribution in [3.8, 4) is 16.9 Å². The van der Waals surface area contributed by atoms with E-state index in [1.54, 1.807) is 16.7 Å². The van der Waals surface area contributed by atoms with Gasteiger partial charge in [-0.05, 0) is 41.8 Å². The summed E-state index contributed by atoms with van der Waals surface area (Å²) in [5.74, 6) is 0. The largest absolute Gasteiger partial charge is 0.330 e. The minimum Gasteiger partial charge on any atom is -0.305 e. The van der Waals surface area contributed by atoms with Crippen molar-refractivity contribution in [2.75, 3.05) is 0 Å². The molecule has 3 rings (SSSR count). The summed E-state index contributed by atoms with van der Waals surface area (Å²) >= 11 is 5.87. The van der Waals surface area contributed by atoms with Crippen LogP contribution in [0.25, 0.3) is 16.9 Å². The highest BCUT2D eigenvalue weighted by atomic mass is 35.5. The molecule has 1 N–H and O–H groups in total. The number of imidazole rings is 1. The number of hydrogen-bond acceptors (Lipinski definition) is 1. The first-order valence-electron chi connectivity index (χ1n) is 6.84. The third kappa shape index (κ3) is 2.78. The van der Waals surface area contributed by atoms with Gasteiger partial charge >= 0.3 is 5.69 Å². The van der Waals surface area contributed by atoms with Gasteiger partial charge in [0, 0.05) is 11.2 Å². The van der Waals surface area contributed by atoms with E-state index in [4.69, 9.17) is 11.6 Å². The monoisotopic (exact) mass is 298 g/mol. The Morgan fingerprint density at radius 1 is 1.05 bits per heavy atom. The van der Waals surface area contributed by atoms with Gasteiger partial charge in [-0.3, -0.25) is 4.57 Å². The molecule has 4 heteroatoms. The third-order valence-corrected chi connectivity index (χ3v) is 3.75. The standard InChI is InChI=1S/C17H15ClN2O/c1-2-12-3-5-13(6-4-12)16-11-20(17(21)19-16)15-9-7-14(18)8-10-15/h3-11H,2H2,1H3,(H,19,21). The lowest BCUT2D eigenvalue weighted by molar-refractivity contribution is 0.987. The van der Waals surface area contributed by atoms with Crippen molar-refractivity contribution < 1.29 is 0 Å². The molecule has 0 spiro atoms. The molecular weight excluding hydrogens is 284 g/mol. The predicted octanol–water partition coefficient (Wildman–Crippen LogP) is 4.05. The molecule has 0 fully saturated rings. The van der Waals surface area contributed by atoms with Crippen LogP contribution in [-0.4, -0.2) is 9.55 Å². The number of nitrogens with one attached hydrogen (secondary N) is 1. The molecular formula is C17H15ClN2O. The molecule has 0 aliphatic heterocycles. The SMILES string of the molecule is CCc1ccc(-c2cn(-c3ccc(Cl)cc3)c(=O)[nH]2)cc1. The Balaban J connectivity index is 2.00. The van der Waals surface area contributed by atoms with E-state index in [0.29, 0.717) is 5.02 Å². The fourth-order valence-electron chi connectivity index (χ4n) is 2.26. The second-order valence-corrected chi connectivity index (χ2v) is 5.31. The van der Waals surface area contributed by atoms with E-state index in [1.807, 2.05) is 30.5 Å². The molecule has 0 bridgehead atoms. The number of aromatic nitrogens is 2. The molecule has 1 aromatic heterocycles. The number of rotatable bonds is 3. The van der Waals surface area contributed by atoms with Crippen molar-refractivity contribution in [3.63, 3.8) is 0 Å². The summed E-state index contributed by atoms with van der Waals surface area (Å²) in [7, 11) is 0. The van der Waals surface area contributed by atoms with Gasteiger partial charge in [-0.1, -0.05) is 42.8 Å². The summed E-state index contributed by atoms with van der Waals surface area (Å²) in [6, 6.07) is 15.4. The number of aromatic amines is 1. The van der Waals surface area contributed by atoms with Crippen molar-refractivity contribution in [2.45, 2.75) is 13.3 Å². The fourth-order valence-corrected chi connectivity index (χ4v) is 2.38. The van der Waals surface area contributed by atoms with Gasteiger partial charge in [-0.25, -0.2) is 4.79 Å². The topological polar surface area (TPSA) is 37.8 Å². The fraction of sp³-hybridized carbons (Fsp3) is 0.118. The number of halogens is 1. The van der Waals surface area contributed by atoms with Crippen LogP contribution >= 0.6 is 11.6 Å². The number of H-pyrrole nitrogens is 1. The van der Waals surface area contributed by atoms with Crippen molar-refractivity contribution in [2.24, 2.45) is 0 Å². The van der Waals surface area contributed by atoms with Gasteiger partial charge in [-0.2, -0.15) is 0 Å². The molecule has 0 aliphatic carbocycles. The molecule has 0 saturated heterocycles. The molecule has 0 radical (unpaired) electrons. The maximum atomic E-state index is 12.1. The highest BCUT2D eigenvalue weighted by Crippen LogP contribution is 2.19. The molecule has 2 aromatic carbocycles. The van der Waals surface area contributed by atoms with Gasteiger partial charge in [0.15, 0.2) is 0 Å². The van der Waals surface area contributed by atoms with E-state index >= 15 is 0 Å². The zero-order valence-corrected chi connectivity index (χ0v) is 12.4. The number of hydrogen-bond donors (Lipinski definition) is 1. The lowest BCUT2D eigenvalue weighted by Gasteiger charge is -2.01. The van der Waals surface area contributed by atoms with E-state index in [9.17, 15) is 4.79 Å². The molecule has 3 aromatic rings. The van der Waals surface area contributed by atoms with E-state index in [1.165, 1.54) is 5.56 Å². The summed E-state index contributed by atoms with van der Waals surface area (Å²) < 4.78 is 1.58. The summed E-state index contributed by atoms with van der Waals surface area (Å²) in [5, 5.41) is 0.651. The van der Waals surface area contributed by atoms with Crippen LogP contribution in [0.2, 0.25) is 5.02 Å². The normalized spacial score (nSPS) is 10.8. The molecule has 0 unspecified atom stereocenters. The average molecular weight is 299 g/mol. The zero-order valence-electron chi connectivity index (χ0n) is 11.6. The molecule has 3 nitrogen and oxygen atoms in total. The van der Waals surface area contributed by atoms with Crippen molar-refractivity contribution in [1.82, 2.24) is 9.55 Å². The van der Waals surface area contributed by atoms with Crippen LogP contribution in [0.5, 0.6) is 0 Å². The number of benzene rings is 2. The van der Waals surface area contributed by atoms with E-state index in [0.717, 1.165) is 23.4 Å². The molecule has 106 valence electrons.